The Balaban J connectivity index is 2.13. The van der Waals surface area contributed by atoms with E-state index < -0.39 is 0 Å². The van der Waals surface area contributed by atoms with Crippen molar-refractivity contribution in [3.63, 3.8) is 0 Å². The van der Waals surface area contributed by atoms with Crippen molar-refractivity contribution in [3.8, 4) is 0 Å². The van der Waals surface area contributed by atoms with Crippen LogP contribution in [0.3, 0.4) is 0 Å². The molecule has 1 heterocycles. The van der Waals surface area contributed by atoms with Gasteiger partial charge in [0.1, 0.15) is 0 Å². The Morgan fingerprint density at radius 3 is 2.65 bits per heavy atom. The van der Waals surface area contributed by atoms with Crippen LogP contribution in [-0.2, 0) is 6.54 Å². The van der Waals surface area contributed by atoms with Gasteiger partial charge in [0.2, 0.25) is 0 Å². The maximum Gasteiger partial charge on any atom is 0.0593 e. The molecule has 0 aromatic carbocycles. The number of aromatic nitrogens is 1. The van der Waals surface area contributed by atoms with E-state index in [4.69, 9.17) is 5.73 Å². The van der Waals surface area contributed by atoms with E-state index in [0.717, 1.165) is 35.6 Å². The molecule has 0 bridgehead atoms. The molecule has 20 heavy (non-hydrogen) atoms. The van der Waals surface area contributed by atoms with Crippen LogP contribution in [-0.4, -0.2) is 34.2 Å². The maximum absolute atomic E-state index is 9.33. The third kappa shape index (κ3) is 3.49. The lowest BCUT2D eigenvalue weighted by Gasteiger charge is -2.34. The minimum absolute atomic E-state index is 0.205. The fourth-order valence-corrected chi connectivity index (χ4v) is 3.11. The Hall–Kier alpha value is -1.13. The van der Waals surface area contributed by atoms with Crippen molar-refractivity contribution in [1.29, 1.82) is 0 Å². The zero-order valence-electron chi connectivity index (χ0n) is 12.7. The number of nitrogens with zero attached hydrogens (tertiary/aromatic N) is 2. The number of aliphatic hydroxyl groups excluding tert-OH is 1. The van der Waals surface area contributed by atoms with Gasteiger partial charge in [-0.3, -0.25) is 9.88 Å². The van der Waals surface area contributed by atoms with Crippen LogP contribution in [0.4, 0.5) is 5.69 Å². The zero-order chi connectivity index (χ0) is 14.5. The molecule has 112 valence electrons. The molecule has 2 rings (SSSR count). The smallest absolute Gasteiger partial charge is 0.0593 e. The second-order valence-electron chi connectivity index (χ2n) is 5.91. The van der Waals surface area contributed by atoms with Crippen molar-refractivity contribution >= 4 is 5.69 Å². The Kier molecular flexibility index (Phi) is 5.38. The van der Waals surface area contributed by atoms with Gasteiger partial charge in [-0.1, -0.05) is 19.3 Å². The summed E-state index contributed by atoms with van der Waals surface area (Å²) >= 11 is 0. The Labute approximate surface area is 122 Å². The molecule has 3 N–H and O–H groups in total. The second kappa shape index (κ2) is 7.04. The monoisotopic (exact) mass is 277 g/mol. The minimum Gasteiger partial charge on any atom is -0.398 e. The molecular formula is C16H27N3O. The van der Waals surface area contributed by atoms with Gasteiger partial charge >= 0.3 is 0 Å². The number of nitrogens with two attached hydrogens (primary N) is 1. The van der Waals surface area contributed by atoms with Gasteiger partial charge in [0.15, 0.2) is 0 Å². The van der Waals surface area contributed by atoms with Crippen LogP contribution in [0.5, 0.6) is 0 Å². The molecule has 4 nitrogen and oxygen atoms in total. The largest absolute Gasteiger partial charge is 0.398 e. The third-order valence-corrected chi connectivity index (χ3v) is 4.51. The minimum atomic E-state index is 0.205. The van der Waals surface area contributed by atoms with E-state index in [1.807, 2.05) is 20.0 Å². The fourth-order valence-electron chi connectivity index (χ4n) is 3.11. The normalized spacial score (nSPS) is 16.8. The first kappa shape index (κ1) is 15.3. The summed E-state index contributed by atoms with van der Waals surface area (Å²) in [6.45, 7) is 5.76. The van der Waals surface area contributed by atoms with Gasteiger partial charge in [-0.25, -0.2) is 0 Å². The highest BCUT2D eigenvalue weighted by Gasteiger charge is 2.22. The molecular weight excluding hydrogens is 250 g/mol. The zero-order valence-corrected chi connectivity index (χ0v) is 12.7. The molecule has 0 spiro atoms. The lowest BCUT2D eigenvalue weighted by Crippen LogP contribution is -2.38. The second-order valence-corrected chi connectivity index (χ2v) is 5.91. The number of aryl methyl sites for hydroxylation is 1. The van der Waals surface area contributed by atoms with E-state index in [0.29, 0.717) is 6.04 Å². The molecule has 0 aliphatic heterocycles. The Morgan fingerprint density at radius 1 is 1.30 bits per heavy atom. The van der Waals surface area contributed by atoms with Gasteiger partial charge in [-0.05, 0) is 37.8 Å². The lowest BCUT2D eigenvalue weighted by atomic mass is 9.94. The third-order valence-electron chi connectivity index (χ3n) is 4.51. The predicted molar refractivity (Wildman–Crippen MR) is 82.5 cm³/mol. The number of rotatable bonds is 5. The molecule has 0 amide bonds. The Bertz CT molecular complexity index is 442. The summed E-state index contributed by atoms with van der Waals surface area (Å²) in [5.74, 6) is 0. The van der Waals surface area contributed by atoms with E-state index in [1.165, 1.54) is 32.1 Å². The van der Waals surface area contributed by atoms with E-state index in [-0.39, 0.29) is 6.61 Å². The maximum atomic E-state index is 9.33. The summed E-state index contributed by atoms with van der Waals surface area (Å²) in [5.41, 5.74) is 10.1. The molecule has 0 atom stereocenters. The highest BCUT2D eigenvalue weighted by atomic mass is 16.3. The van der Waals surface area contributed by atoms with Gasteiger partial charge < -0.3 is 10.8 Å². The van der Waals surface area contributed by atoms with Gasteiger partial charge in [0.25, 0.3) is 0 Å². The number of nitrogen functional groups attached to an aromatic ring is 1. The highest BCUT2D eigenvalue weighted by molar-refractivity contribution is 5.53. The molecule has 1 aromatic rings. The van der Waals surface area contributed by atoms with Crippen LogP contribution >= 0.6 is 0 Å². The number of anilines is 1. The number of aliphatic hydroxyl groups is 1. The average Bonchev–Trinajstić information content (AvgIpc) is 2.48. The fraction of sp³-hybridized carbons (Fsp3) is 0.688. The van der Waals surface area contributed by atoms with Crippen molar-refractivity contribution in [3.05, 3.63) is 23.0 Å². The average molecular weight is 277 g/mol. The van der Waals surface area contributed by atoms with Crippen molar-refractivity contribution in [2.24, 2.45) is 0 Å². The van der Waals surface area contributed by atoms with Crippen LogP contribution in [0.15, 0.2) is 6.20 Å². The summed E-state index contributed by atoms with van der Waals surface area (Å²) < 4.78 is 0. The van der Waals surface area contributed by atoms with Crippen LogP contribution in [0.25, 0.3) is 0 Å². The van der Waals surface area contributed by atoms with Gasteiger partial charge in [-0.15, -0.1) is 0 Å². The first-order valence-corrected chi connectivity index (χ1v) is 7.69. The quantitative estimate of drug-likeness (QED) is 0.867. The van der Waals surface area contributed by atoms with Gasteiger partial charge in [0.05, 0.1) is 12.3 Å². The topological polar surface area (TPSA) is 62.4 Å². The predicted octanol–water partition coefficient (Wildman–Crippen LogP) is 2.41. The lowest BCUT2D eigenvalue weighted by molar-refractivity contribution is 0.116. The van der Waals surface area contributed by atoms with E-state index >= 15 is 0 Å². The van der Waals surface area contributed by atoms with E-state index in [2.05, 4.69) is 9.88 Å². The van der Waals surface area contributed by atoms with E-state index in [9.17, 15) is 5.11 Å². The van der Waals surface area contributed by atoms with Gasteiger partial charge in [0, 0.05) is 31.0 Å². The van der Waals surface area contributed by atoms with Crippen molar-refractivity contribution in [2.75, 3.05) is 18.9 Å². The first-order valence-electron chi connectivity index (χ1n) is 7.69. The van der Waals surface area contributed by atoms with Crippen LogP contribution < -0.4 is 5.73 Å². The van der Waals surface area contributed by atoms with Crippen molar-refractivity contribution in [2.45, 2.75) is 58.5 Å². The van der Waals surface area contributed by atoms with Crippen molar-refractivity contribution in [1.82, 2.24) is 9.88 Å². The molecule has 0 unspecified atom stereocenters. The summed E-state index contributed by atoms with van der Waals surface area (Å²) in [6.07, 6.45) is 8.28. The standard InChI is InChI=1S/C16H27N3O/c1-12-10-18-15(13(2)16(12)17)11-19(8-9-20)14-6-4-3-5-7-14/h10,14,20H,3-9,11H2,1-2H3,(H2,17,18). The van der Waals surface area contributed by atoms with Crippen LogP contribution in [0.2, 0.25) is 0 Å². The number of hydrogen-bond donors (Lipinski definition) is 2. The molecule has 1 aliphatic rings. The summed E-state index contributed by atoms with van der Waals surface area (Å²) in [7, 11) is 0. The number of hydrogen-bond acceptors (Lipinski definition) is 4. The Morgan fingerprint density at radius 2 is 2.00 bits per heavy atom. The molecule has 1 aromatic heterocycles. The van der Waals surface area contributed by atoms with E-state index in [1.54, 1.807) is 0 Å². The van der Waals surface area contributed by atoms with Crippen LogP contribution in [0, 0.1) is 13.8 Å². The molecule has 1 saturated carbocycles. The molecule has 0 radical (unpaired) electrons. The first-order chi connectivity index (χ1) is 9.63. The van der Waals surface area contributed by atoms with Crippen molar-refractivity contribution < 1.29 is 5.11 Å². The molecule has 4 heteroatoms. The molecule has 1 fully saturated rings. The van der Waals surface area contributed by atoms with Gasteiger partial charge in [-0.2, -0.15) is 0 Å². The molecule has 1 aliphatic carbocycles. The van der Waals surface area contributed by atoms with Crippen LogP contribution in [0.1, 0.15) is 48.9 Å². The SMILES string of the molecule is Cc1cnc(CN(CCO)C2CCCCC2)c(C)c1N. The summed E-state index contributed by atoms with van der Waals surface area (Å²) in [6, 6.07) is 0.583. The summed E-state index contributed by atoms with van der Waals surface area (Å²) in [4.78, 5) is 6.93. The summed E-state index contributed by atoms with van der Waals surface area (Å²) in [5, 5.41) is 9.33. The number of pyridine rings is 1. The molecule has 0 saturated heterocycles. The highest BCUT2D eigenvalue weighted by Crippen LogP contribution is 2.25.